The van der Waals surface area contributed by atoms with Gasteiger partial charge in [0.25, 0.3) is 0 Å². The molecule has 1 unspecified atom stereocenters. The number of nitrogens with one attached hydrogen (secondary N) is 1. The molecule has 1 aromatic heterocycles. The van der Waals surface area contributed by atoms with Crippen molar-refractivity contribution in [3.63, 3.8) is 0 Å². The Bertz CT molecular complexity index is 295. The summed E-state index contributed by atoms with van der Waals surface area (Å²) in [6.45, 7) is 6.69. The summed E-state index contributed by atoms with van der Waals surface area (Å²) in [5.74, 6) is 0. The summed E-state index contributed by atoms with van der Waals surface area (Å²) in [6, 6.07) is 0.314. The number of hydrogen-bond acceptors (Lipinski definition) is 3. The van der Waals surface area contributed by atoms with Gasteiger partial charge in [-0.1, -0.05) is 11.6 Å². The van der Waals surface area contributed by atoms with Gasteiger partial charge in [-0.05, 0) is 26.8 Å². The first-order valence-corrected chi connectivity index (χ1v) is 5.94. The molecule has 0 radical (unpaired) electrons. The van der Waals surface area contributed by atoms with E-state index in [2.05, 4.69) is 17.3 Å². The lowest BCUT2D eigenvalue weighted by Crippen LogP contribution is -2.25. The van der Waals surface area contributed by atoms with Crippen molar-refractivity contribution in [3.05, 3.63) is 16.9 Å². The number of hydrogen-bond donors (Lipinski definition) is 1. The summed E-state index contributed by atoms with van der Waals surface area (Å²) < 4.78 is 6.88. The average molecular weight is 246 g/mol. The molecule has 0 saturated heterocycles. The Morgan fingerprint density at radius 2 is 2.38 bits per heavy atom. The minimum atomic E-state index is 0.314. The smallest absolute Gasteiger partial charge is 0.0815 e. The molecule has 0 amide bonds. The molecule has 4 nitrogen and oxygen atoms in total. The van der Waals surface area contributed by atoms with Gasteiger partial charge >= 0.3 is 0 Å². The van der Waals surface area contributed by atoms with Gasteiger partial charge in [0.05, 0.1) is 16.8 Å². The lowest BCUT2D eigenvalue weighted by molar-refractivity contribution is 0.194. The van der Waals surface area contributed by atoms with Crippen molar-refractivity contribution in [1.29, 1.82) is 0 Å². The predicted molar refractivity (Wildman–Crippen MR) is 66.0 cm³/mol. The van der Waals surface area contributed by atoms with Crippen molar-refractivity contribution in [1.82, 2.24) is 15.1 Å². The van der Waals surface area contributed by atoms with Crippen molar-refractivity contribution in [2.75, 3.05) is 26.8 Å². The Morgan fingerprint density at radius 3 is 2.94 bits per heavy atom. The third kappa shape index (κ3) is 4.12. The third-order valence-corrected chi connectivity index (χ3v) is 2.82. The summed E-state index contributed by atoms with van der Waals surface area (Å²) in [5, 5.41) is 8.44. The number of rotatable bonds is 7. The molecule has 1 rings (SSSR count). The van der Waals surface area contributed by atoms with Crippen LogP contribution in [0.25, 0.3) is 0 Å². The molecule has 0 aromatic carbocycles. The first kappa shape index (κ1) is 13.5. The fourth-order valence-corrected chi connectivity index (χ4v) is 1.57. The van der Waals surface area contributed by atoms with E-state index in [-0.39, 0.29) is 0 Å². The topological polar surface area (TPSA) is 39.1 Å². The lowest BCUT2D eigenvalue weighted by Gasteiger charge is -2.13. The van der Waals surface area contributed by atoms with Crippen molar-refractivity contribution < 1.29 is 4.74 Å². The molecule has 1 N–H and O–H groups in total. The second-order valence-corrected chi connectivity index (χ2v) is 4.35. The Balaban J connectivity index is 2.27. The van der Waals surface area contributed by atoms with Crippen LogP contribution < -0.4 is 5.32 Å². The van der Waals surface area contributed by atoms with Crippen molar-refractivity contribution in [3.8, 4) is 0 Å². The molecule has 0 aliphatic carbocycles. The zero-order valence-corrected chi connectivity index (χ0v) is 10.9. The highest BCUT2D eigenvalue weighted by Crippen LogP contribution is 2.15. The monoisotopic (exact) mass is 245 g/mol. The van der Waals surface area contributed by atoms with Crippen LogP contribution in [0.15, 0.2) is 6.20 Å². The fraction of sp³-hybridized carbons (Fsp3) is 0.727. The van der Waals surface area contributed by atoms with Crippen LogP contribution in [-0.4, -0.2) is 36.6 Å². The summed E-state index contributed by atoms with van der Waals surface area (Å²) >= 11 is 5.96. The molecule has 16 heavy (non-hydrogen) atoms. The van der Waals surface area contributed by atoms with Gasteiger partial charge in [0, 0.05) is 26.5 Å². The number of ether oxygens (including phenoxy) is 1. The van der Waals surface area contributed by atoms with Crippen LogP contribution in [-0.2, 0) is 4.74 Å². The molecule has 0 bridgehead atoms. The van der Waals surface area contributed by atoms with Crippen molar-refractivity contribution in [2.24, 2.45) is 0 Å². The van der Waals surface area contributed by atoms with E-state index in [1.807, 2.05) is 17.8 Å². The van der Waals surface area contributed by atoms with Gasteiger partial charge < -0.3 is 10.1 Å². The molecule has 1 heterocycles. The standard InChI is InChI=1S/C11H20ClN3O/c1-9(7-13-5-4-6-16-3)15-8-11(12)10(2)14-15/h8-9,13H,4-7H2,1-3H3. The maximum absolute atomic E-state index is 5.96. The second-order valence-electron chi connectivity index (χ2n) is 3.94. The fourth-order valence-electron chi connectivity index (χ4n) is 1.43. The number of aryl methyl sites for hydroxylation is 1. The van der Waals surface area contributed by atoms with E-state index in [9.17, 15) is 0 Å². The molecule has 92 valence electrons. The second kappa shape index (κ2) is 6.89. The number of halogens is 1. The molecular formula is C11H20ClN3O. The van der Waals surface area contributed by atoms with Crippen LogP contribution in [0, 0.1) is 6.92 Å². The first-order chi connectivity index (χ1) is 7.65. The molecule has 0 aliphatic rings. The van der Waals surface area contributed by atoms with Gasteiger partial charge in [0.2, 0.25) is 0 Å². The highest BCUT2D eigenvalue weighted by Gasteiger charge is 2.08. The van der Waals surface area contributed by atoms with E-state index in [4.69, 9.17) is 16.3 Å². The third-order valence-electron chi connectivity index (χ3n) is 2.45. The summed E-state index contributed by atoms with van der Waals surface area (Å²) in [4.78, 5) is 0. The van der Waals surface area contributed by atoms with Crippen molar-refractivity contribution >= 4 is 11.6 Å². The maximum Gasteiger partial charge on any atom is 0.0815 e. The van der Waals surface area contributed by atoms with E-state index in [0.29, 0.717) is 6.04 Å². The molecule has 0 fully saturated rings. The Morgan fingerprint density at radius 1 is 1.62 bits per heavy atom. The number of nitrogens with zero attached hydrogens (tertiary/aromatic N) is 2. The van der Waals surface area contributed by atoms with Gasteiger partial charge in [-0.2, -0.15) is 5.10 Å². The lowest BCUT2D eigenvalue weighted by atomic mass is 10.3. The minimum Gasteiger partial charge on any atom is -0.385 e. The van der Waals surface area contributed by atoms with E-state index in [1.165, 1.54) is 0 Å². The molecule has 0 spiro atoms. The predicted octanol–water partition coefficient (Wildman–Crippen LogP) is 2.03. The van der Waals surface area contributed by atoms with E-state index < -0.39 is 0 Å². The average Bonchev–Trinajstić information content (AvgIpc) is 2.59. The SMILES string of the molecule is COCCCNCC(C)n1cc(Cl)c(C)n1. The Kier molecular flexibility index (Phi) is 5.80. The molecule has 0 aliphatic heterocycles. The largest absolute Gasteiger partial charge is 0.385 e. The van der Waals surface area contributed by atoms with Crippen LogP contribution in [0.3, 0.4) is 0 Å². The van der Waals surface area contributed by atoms with Crippen LogP contribution in [0.2, 0.25) is 5.02 Å². The van der Waals surface area contributed by atoms with Crippen molar-refractivity contribution in [2.45, 2.75) is 26.3 Å². The normalized spacial score (nSPS) is 13.0. The van der Waals surface area contributed by atoms with Gasteiger partial charge in [-0.3, -0.25) is 4.68 Å². The summed E-state index contributed by atoms with van der Waals surface area (Å²) in [5.41, 5.74) is 0.882. The molecule has 5 heteroatoms. The summed E-state index contributed by atoms with van der Waals surface area (Å²) in [6.07, 6.45) is 2.90. The molecule has 1 atom stereocenters. The highest BCUT2D eigenvalue weighted by atomic mass is 35.5. The minimum absolute atomic E-state index is 0.314. The Hall–Kier alpha value is -0.580. The van der Waals surface area contributed by atoms with E-state index in [0.717, 1.165) is 36.8 Å². The van der Waals surface area contributed by atoms with Crippen LogP contribution in [0.4, 0.5) is 0 Å². The van der Waals surface area contributed by atoms with Gasteiger partial charge in [0.15, 0.2) is 0 Å². The van der Waals surface area contributed by atoms with Crippen LogP contribution in [0.5, 0.6) is 0 Å². The first-order valence-electron chi connectivity index (χ1n) is 5.56. The highest BCUT2D eigenvalue weighted by molar-refractivity contribution is 6.31. The van der Waals surface area contributed by atoms with E-state index in [1.54, 1.807) is 7.11 Å². The van der Waals surface area contributed by atoms with E-state index >= 15 is 0 Å². The van der Waals surface area contributed by atoms with Crippen LogP contribution >= 0.6 is 11.6 Å². The zero-order chi connectivity index (χ0) is 12.0. The van der Waals surface area contributed by atoms with Gasteiger partial charge in [0.1, 0.15) is 0 Å². The molecular weight excluding hydrogens is 226 g/mol. The summed E-state index contributed by atoms with van der Waals surface area (Å²) in [7, 11) is 1.72. The Labute approximate surface area is 102 Å². The maximum atomic E-state index is 5.96. The van der Waals surface area contributed by atoms with Gasteiger partial charge in [-0.15, -0.1) is 0 Å². The molecule has 1 aromatic rings. The van der Waals surface area contributed by atoms with Gasteiger partial charge in [-0.25, -0.2) is 0 Å². The number of methoxy groups -OCH3 is 1. The quantitative estimate of drug-likeness (QED) is 0.748. The zero-order valence-electron chi connectivity index (χ0n) is 10.2. The van der Waals surface area contributed by atoms with Crippen LogP contribution in [0.1, 0.15) is 25.1 Å². The molecule has 0 saturated carbocycles. The number of aromatic nitrogens is 2.